The number of rotatable bonds is 3. The van der Waals surface area contributed by atoms with E-state index in [1.54, 1.807) is 6.08 Å². The summed E-state index contributed by atoms with van der Waals surface area (Å²) in [6.45, 7) is 4.20. The minimum atomic E-state index is -1.14. The summed E-state index contributed by atoms with van der Waals surface area (Å²) in [6.07, 6.45) is 5.43. The first-order valence-corrected chi connectivity index (χ1v) is 8.42. The second-order valence-electron chi connectivity index (χ2n) is 6.83. The van der Waals surface area contributed by atoms with E-state index >= 15 is 0 Å². The molecule has 1 aliphatic heterocycles. The number of hydrogen-bond donors (Lipinski definition) is 2. The number of aliphatic carboxylic acids is 1. The normalized spacial score (nSPS) is 18.8. The molecule has 0 spiro atoms. The molecule has 0 bridgehead atoms. The van der Waals surface area contributed by atoms with Crippen molar-refractivity contribution in [2.75, 3.05) is 6.61 Å². The molecular formula is C19H23NO4. The predicted molar refractivity (Wildman–Crippen MR) is 91.0 cm³/mol. The Bertz CT molecular complexity index is 714. The number of fused-ring (bicyclic) bond motifs is 1. The van der Waals surface area contributed by atoms with Gasteiger partial charge in [-0.3, -0.25) is 4.79 Å². The molecule has 1 fully saturated rings. The Labute approximate surface area is 141 Å². The van der Waals surface area contributed by atoms with Gasteiger partial charge in [0, 0.05) is 5.56 Å². The summed E-state index contributed by atoms with van der Waals surface area (Å²) in [6, 6.07) is 3.96. The molecule has 0 atom stereocenters. The van der Waals surface area contributed by atoms with Gasteiger partial charge >= 0.3 is 5.97 Å². The van der Waals surface area contributed by atoms with E-state index in [4.69, 9.17) is 4.74 Å². The Hall–Kier alpha value is -2.30. The van der Waals surface area contributed by atoms with Gasteiger partial charge in [0.25, 0.3) is 5.91 Å². The smallest absolute Gasteiger partial charge is 0.329 e. The first-order chi connectivity index (χ1) is 11.4. The quantitative estimate of drug-likeness (QED) is 0.894. The molecule has 5 nitrogen and oxygen atoms in total. The lowest BCUT2D eigenvalue weighted by atomic mass is 9.81. The van der Waals surface area contributed by atoms with Crippen LogP contribution in [0.3, 0.4) is 0 Å². The van der Waals surface area contributed by atoms with Crippen molar-refractivity contribution >= 4 is 18.0 Å². The van der Waals surface area contributed by atoms with Crippen LogP contribution in [0.2, 0.25) is 0 Å². The van der Waals surface area contributed by atoms with E-state index < -0.39 is 11.5 Å². The fraction of sp³-hybridized carbons (Fsp3) is 0.474. The highest BCUT2D eigenvalue weighted by atomic mass is 16.5. The minimum Gasteiger partial charge on any atom is -0.488 e. The third kappa shape index (κ3) is 3.03. The number of hydrogen-bond acceptors (Lipinski definition) is 3. The Morgan fingerprint density at radius 3 is 2.46 bits per heavy atom. The molecule has 2 N–H and O–H groups in total. The van der Waals surface area contributed by atoms with Crippen molar-refractivity contribution in [1.82, 2.24) is 5.32 Å². The number of ether oxygens (including phenoxy) is 1. The third-order valence-electron chi connectivity index (χ3n) is 5.10. The largest absolute Gasteiger partial charge is 0.488 e. The van der Waals surface area contributed by atoms with E-state index in [1.165, 1.54) is 0 Å². The van der Waals surface area contributed by atoms with E-state index in [0.717, 1.165) is 41.7 Å². The van der Waals surface area contributed by atoms with Gasteiger partial charge < -0.3 is 15.2 Å². The molecule has 0 aromatic heterocycles. The molecule has 1 amide bonds. The van der Waals surface area contributed by atoms with Crippen LogP contribution in [-0.2, 0) is 9.59 Å². The topological polar surface area (TPSA) is 75.6 Å². The van der Waals surface area contributed by atoms with Gasteiger partial charge in [0.05, 0.1) is 5.57 Å². The zero-order valence-corrected chi connectivity index (χ0v) is 14.1. The summed E-state index contributed by atoms with van der Waals surface area (Å²) in [4.78, 5) is 24.3. The summed E-state index contributed by atoms with van der Waals surface area (Å²) < 4.78 is 5.70. The standard InChI is InChI=1S/C19H23NO4/c1-12-8-14-10-15(11-24-16(14)9-13(12)2)17(21)20-19(18(22)23)6-4-3-5-7-19/h8-10H,3-7,11H2,1-2H3,(H,20,21)(H,22,23). The molecule has 24 heavy (non-hydrogen) atoms. The predicted octanol–water partition coefficient (Wildman–Crippen LogP) is 2.98. The zero-order valence-electron chi connectivity index (χ0n) is 14.1. The maximum absolute atomic E-state index is 12.6. The molecule has 0 unspecified atom stereocenters. The molecule has 1 aromatic rings. The summed E-state index contributed by atoms with van der Waals surface area (Å²) in [7, 11) is 0. The van der Waals surface area contributed by atoms with Crippen molar-refractivity contribution in [2.45, 2.75) is 51.5 Å². The second kappa shape index (κ2) is 6.30. The van der Waals surface area contributed by atoms with Gasteiger partial charge in [0.2, 0.25) is 0 Å². The van der Waals surface area contributed by atoms with Gasteiger partial charge in [0.15, 0.2) is 0 Å². The zero-order chi connectivity index (χ0) is 17.3. The molecule has 1 heterocycles. The number of benzene rings is 1. The van der Waals surface area contributed by atoms with Gasteiger partial charge in [-0.2, -0.15) is 0 Å². The van der Waals surface area contributed by atoms with Crippen LogP contribution < -0.4 is 10.1 Å². The molecule has 5 heteroatoms. The Morgan fingerprint density at radius 2 is 1.79 bits per heavy atom. The fourth-order valence-corrected chi connectivity index (χ4v) is 3.41. The first-order valence-electron chi connectivity index (χ1n) is 8.42. The van der Waals surface area contributed by atoms with E-state index in [1.807, 2.05) is 26.0 Å². The number of carboxylic acids is 1. The Balaban J connectivity index is 1.83. The van der Waals surface area contributed by atoms with E-state index in [9.17, 15) is 14.7 Å². The van der Waals surface area contributed by atoms with Gasteiger partial charge in [-0.05, 0) is 56.0 Å². The molecule has 0 saturated heterocycles. The van der Waals surface area contributed by atoms with Crippen LogP contribution in [0.4, 0.5) is 0 Å². The summed E-state index contributed by atoms with van der Waals surface area (Å²) in [5, 5.41) is 12.4. The van der Waals surface area contributed by atoms with Crippen LogP contribution in [0.5, 0.6) is 5.75 Å². The van der Waals surface area contributed by atoms with Crippen LogP contribution in [0, 0.1) is 13.8 Å². The van der Waals surface area contributed by atoms with Crippen LogP contribution >= 0.6 is 0 Å². The van der Waals surface area contributed by atoms with Crippen molar-refractivity contribution in [3.63, 3.8) is 0 Å². The number of carboxylic acid groups (broad SMARTS) is 1. The minimum absolute atomic E-state index is 0.164. The lowest BCUT2D eigenvalue weighted by Gasteiger charge is -2.34. The van der Waals surface area contributed by atoms with Gasteiger partial charge in [-0.1, -0.05) is 19.3 Å². The highest BCUT2D eigenvalue weighted by Crippen LogP contribution is 2.31. The number of amides is 1. The lowest BCUT2D eigenvalue weighted by Crippen LogP contribution is -2.56. The molecule has 3 rings (SSSR count). The Morgan fingerprint density at radius 1 is 1.12 bits per heavy atom. The molecule has 1 aromatic carbocycles. The fourth-order valence-electron chi connectivity index (χ4n) is 3.41. The average molecular weight is 329 g/mol. The SMILES string of the molecule is Cc1cc2c(cc1C)OCC(C(=O)NC1(C(=O)O)CCCCC1)=C2. The number of aryl methyl sites for hydroxylation is 2. The third-order valence-corrected chi connectivity index (χ3v) is 5.10. The van der Waals surface area contributed by atoms with Crippen molar-refractivity contribution in [3.05, 3.63) is 34.4 Å². The van der Waals surface area contributed by atoms with Crippen LogP contribution in [0.1, 0.15) is 48.8 Å². The number of carbonyl (C=O) groups is 2. The van der Waals surface area contributed by atoms with Crippen molar-refractivity contribution in [3.8, 4) is 5.75 Å². The maximum Gasteiger partial charge on any atom is 0.329 e. The van der Waals surface area contributed by atoms with E-state index in [2.05, 4.69) is 5.32 Å². The van der Waals surface area contributed by atoms with Crippen LogP contribution in [-0.4, -0.2) is 29.1 Å². The first kappa shape index (κ1) is 16.6. The summed E-state index contributed by atoms with van der Waals surface area (Å²) in [5.41, 5.74) is 2.46. The molecule has 1 aliphatic carbocycles. The molecular weight excluding hydrogens is 306 g/mol. The molecule has 1 saturated carbocycles. The average Bonchev–Trinajstić information content (AvgIpc) is 2.56. The Kier molecular flexibility index (Phi) is 4.35. The molecule has 0 radical (unpaired) electrons. The van der Waals surface area contributed by atoms with Crippen molar-refractivity contribution in [1.29, 1.82) is 0 Å². The molecule has 128 valence electrons. The summed E-state index contributed by atoms with van der Waals surface area (Å²) in [5.74, 6) is -0.525. The van der Waals surface area contributed by atoms with Gasteiger partial charge in [-0.15, -0.1) is 0 Å². The van der Waals surface area contributed by atoms with Crippen molar-refractivity contribution in [2.24, 2.45) is 0 Å². The molecule has 2 aliphatic rings. The lowest BCUT2D eigenvalue weighted by molar-refractivity contribution is -0.148. The highest BCUT2D eigenvalue weighted by Gasteiger charge is 2.41. The van der Waals surface area contributed by atoms with E-state index in [0.29, 0.717) is 18.4 Å². The van der Waals surface area contributed by atoms with Gasteiger partial charge in [0.1, 0.15) is 17.9 Å². The monoisotopic (exact) mass is 329 g/mol. The number of carbonyl (C=O) groups excluding carboxylic acids is 1. The number of nitrogens with one attached hydrogen (secondary N) is 1. The van der Waals surface area contributed by atoms with Crippen LogP contribution in [0.15, 0.2) is 17.7 Å². The highest BCUT2D eigenvalue weighted by molar-refractivity contribution is 6.01. The van der Waals surface area contributed by atoms with Crippen LogP contribution in [0.25, 0.3) is 6.08 Å². The maximum atomic E-state index is 12.6. The van der Waals surface area contributed by atoms with E-state index in [-0.39, 0.29) is 12.5 Å². The second-order valence-corrected chi connectivity index (χ2v) is 6.83. The summed E-state index contributed by atoms with van der Waals surface area (Å²) >= 11 is 0. The van der Waals surface area contributed by atoms with Gasteiger partial charge in [-0.25, -0.2) is 4.79 Å². The van der Waals surface area contributed by atoms with Crippen molar-refractivity contribution < 1.29 is 19.4 Å².